The fourth-order valence-electron chi connectivity index (χ4n) is 3.20. The first-order chi connectivity index (χ1) is 13.0. The lowest BCUT2D eigenvalue weighted by molar-refractivity contribution is 0.0690. The number of carbonyl (C=O) groups is 1. The number of aromatic nitrogens is 3. The van der Waals surface area contributed by atoms with Gasteiger partial charge in [-0.25, -0.2) is 14.2 Å². The Morgan fingerprint density at radius 2 is 2.07 bits per heavy atom. The minimum absolute atomic E-state index is 0.0164. The Kier molecular flexibility index (Phi) is 4.16. The second kappa shape index (κ2) is 6.64. The number of halogens is 1. The molecule has 0 saturated heterocycles. The molecule has 3 heterocycles. The number of fused-ring (bicyclic) bond motifs is 1. The molecule has 0 aliphatic rings. The van der Waals surface area contributed by atoms with Crippen LogP contribution in [0.1, 0.15) is 27.3 Å². The molecule has 3 aromatic heterocycles. The lowest BCUT2D eigenvalue weighted by atomic mass is 10.0. The molecule has 2 N–H and O–H groups in total. The van der Waals surface area contributed by atoms with Gasteiger partial charge in [0.1, 0.15) is 11.5 Å². The van der Waals surface area contributed by atoms with Crippen molar-refractivity contribution in [3.63, 3.8) is 0 Å². The van der Waals surface area contributed by atoms with Crippen molar-refractivity contribution in [2.75, 3.05) is 0 Å². The monoisotopic (exact) mass is 361 g/mol. The highest BCUT2D eigenvalue weighted by Gasteiger charge is 2.17. The topological polar surface area (TPSA) is 78.9 Å². The molecule has 4 rings (SSSR count). The van der Waals surface area contributed by atoms with Crippen LogP contribution in [0.15, 0.2) is 54.9 Å². The number of carboxylic acid groups (broad SMARTS) is 1. The highest BCUT2D eigenvalue weighted by Crippen LogP contribution is 2.33. The average Bonchev–Trinajstić information content (AvgIpc) is 3.00. The van der Waals surface area contributed by atoms with Crippen LogP contribution in [0, 0.1) is 12.7 Å². The summed E-state index contributed by atoms with van der Waals surface area (Å²) in [6, 6.07) is 11.9. The Labute approximate surface area is 154 Å². The molecule has 0 aliphatic heterocycles. The van der Waals surface area contributed by atoms with Gasteiger partial charge in [0.15, 0.2) is 0 Å². The van der Waals surface area contributed by atoms with Gasteiger partial charge in [0.05, 0.1) is 5.69 Å². The molecule has 0 fully saturated rings. The van der Waals surface area contributed by atoms with E-state index in [0.717, 1.165) is 27.7 Å². The standard InChI is InChI=1S/C21H16FN3O2/c1-12-8-19-15(10-17(12)22)16(20(25-19)13-4-3-7-23-11-13)9-14-5-2-6-18(24-14)21(26)27/h2-8,10-11,25H,9H2,1H3,(H,26,27). The van der Waals surface area contributed by atoms with Gasteiger partial charge in [0, 0.05) is 41.0 Å². The number of aromatic carboxylic acids is 1. The first-order valence-electron chi connectivity index (χ1n) is 8.43. The molecule has 27 heavy (non-hydrogen) atoms. The summed E-state index contributed by atoms with van der Waals surface area (Å²) >= 11 is 0. The molecule has 6 heteroatoms. The summed E-state index contributed by atoms with van der Waals surface area (Å²) in [5, 5.41) is 9.93. The number of aromatic amines is 1. The molecule has 4 aromatic rings. The number of hydrogen-bond acceptors (Lipinski definition) is 3. The summed E-state index contributed by atoms with van der Waals surface area (Å²) in [5.74, 6) is -1.36. The number of nitrogens with one attached hydrogen (secondary N) is 1. The maximum absolute atomic E-state index is 14.2. The number of rotatable bonds is 4. The smallest absolute Gasteiger partial charge is 0.354 e. The molecule has 1 aromatic carbocycles. The van der Waals surface area contributed by atoms with Gasteiger partial charge in [-0.15, -0.1) is 0 Å². The van der Waals surface area contributed by atoms with Gasteiger partial charge in [0.25, 0.3) is 0 Å². The molecule has 5 nitrogen and oxygen atoms in total. The Morgan fingerprint density at radius 3 is 2.81 bits per heavy atom. The van der Waals surface area contributed by atoms with Gasteiger partial charge < -0.3 is 10.1 Å². The highest BCUT2D eigenvalue weighted by atomic mass is 19.1. The van der Waals surface area contributed by atoms with Crippen molar-refractivity contribution >= 4 is 16.9 Å². The van der Waals surface area contributed by atoms with Crippen molar-refractivity contribution in [3.05, 3.63) is 83.2 Å². The van der Waals surface area contributed by atoms with Crippen LogP contribution in [0.25, 0.3) is 22.2 Å². The molecule has 0 atom stereocenters. The van der Waals surface area contributed by atoms with Gasteiger partial charge in [-0.2, -0.15) is 0 Å². The second-order valence-corrected chi connectivity index (χ2v) is 6.36. The molecule has 0 saturated carbocycles. The summed E-state index contributed by atoms with van der Waals surface area (Å²) in [5.41, 5.74) is 4.50. The quantitative estimate of drug-likeness (QED) is 0.566. The SMILES string of the molecule is Cc1cc2[nH]c(-c3cccnc3)c(Cc3cccc(C(=O)O)n3)c2cc1F. The molecule has 0 amide bonds. The normalized spacial score (nSPS) is 11.0. The Balaban J connectivity index is 1.90. The van der Waals surface area contributed by atoms with Crippen molar-refractivity contribution in [1.29, 1.82) is 0 Å². The summed E-state index contributed by atoms with van der Waals surface area (Å²) < 4.78 is 14.2. The third kappa shape index (κ3) is 3.17. The number of hydrogen-bond donors (Lipinski definition) is 2. The van der Waals surface area contributed by atoms with E-state index >= 15 is 0 Å². The van der Waals surface area contributed by atoms with Crippen LogP contribution in [0.4, 0.5) is 4.39 Å². The van der Waals surface area contributed by atoms with E-state index < -0.39 is 5.97 Å². The van der Waals surface area contributed by atoms with Crippen LogP contribution in [0.3, 0.4) is 0 Å². The Hall–Kier alpha value is -3.54. The van der Waals surface area contributed by atoms with Crippen molar-refractivity contribution < 1.29 is 14.3 Å². The third-order valence-electron chi connectivity index (χ3n) is 4.52. The molecule has 0 aliphatic carbocycles. The number of H-pyrrole nitrogens is 1. The molecular weight excluding hydrogens is 345 g/mol. The van der Waals surface area contributed by atoms with Crippen LogP contribution in [0.5, 0.6) is 0 Å². The van der Waals surface area contributed by atoms with Crippen molar-refractivity contribution in [1.82, 2.24) is 15.0 Å². The van der Waals surface area contributed by atoms with Crippen LogP contribution in [0.2, 0.25) is 0 Å². The first kappa shape index (κ1) is 16.9. The summed E-state index contributed by atoms with van der Waals surface area (Å²) in [4.78, 5) is 22.9. The molecule has 0 spiro atoms. The minimum atomic E-state index is -1.08. The second-order valence-electron chi connectivity index (χ2n) is 6.36. The van der Waals surface area contributed by atoms with Crippen molar-refractivity contribution in [2.45, 2.75) is 13.3 Å². The van der Waals surface area contributed by atoms with Crippen LogP contribution < -0.4 is 0 Å². The maximum atomic E-state index is 14.2. The van der Waals surface area contributed by atoms with Gasteiger partial charge in [-0.05, 0) is 54.4 Å². The fraction of sp³-hybridized carbons (Fsp3) is 0.0952. The fourth-order valence-corrected chi connectivity index (χ4v) is 3.20. The Bertz CT molecular complexity index is 1150. The number of benzene rings is 1. The summed E-state index contributed by atoms with van der Waals surface area (Å²) in [6.07, 6.45) is 3.79. The lowest BCUT2D eigenvalue weighted by Crippen LogP contribution is -2.03. The van der Waals surface area contributed by atoms with Gasteiger partial charge >= 0.3 is 5.97 Å². The van der Waals surface area contributed by atoms with E-state index in [1.54, 1.807) is 37.5 Å². The zero-order chi connectivity index (χ0) is 19.0. The van der Waals surface area contributed by atoms with Crippen molar-refractivity contribution in [3.8, 4) is 11.3 Å². The zero-order valence-electron chi connectivity index (χ0n) is 14.5. The molecule has 0 unspecified atom stereocenters. The molecule has 134 valence electrons. The number of pyridine rings is 2. The van der Waals surface area contributed by atoms with E-state index in [1.165, 1.54) is 12.1 Å². The van der Waals surface area contributed by atoms with Gasteiger partial charge in [-0.3, -0.25) is 4.98 Å². The van der Waals surface area contributed by atoms with Crippen LogP contribution in [-0.4, -0.2) is 26.0 Å². The maximum Gasteiger partial charge on any atom is 0.354 e. The molecule has 0 bridgehead atoms. The van der Waals surface area contributed by atoms with E-state index in [9.17, 15) is 14.3 Å². The van der Waals surface area contributed by atoms with E-state index in [1.807, 2.05) is 12.1 Å². The largest absolute Gasteiger partial charge is 0.477 e. The predicted octanol–water partition coefficient (Wildman–Crippen LogP) is 4.36. The van der Waals surface area contributed by atoms with E-state index in [-0.39, 0.29) is 11.5 Å². The predicted molar refractivity (Wildman–Crippen MR) is 100 cm³/mol. The van der Waals surface area contributed by atoms with E-state index in [2.05, 4.69) is 15.0 Å². The molecule has 0 radical (unpaired) electrons. The third-order valence-corrected chi connectivity index (χ3v) is 4.52. The number of nitrogens with zero attached hydrogens (tertiary/aromatic N) is 2. The van der Waals surface area contributed by atoms with Crippen molar-refractivity contribution in [2.24, 2.45) is 0 Å². The Morgan fingerprint density at radius 1 is 1.22 bits per heavy atom. The van der Waals surface area contributed by atoms with Crippen LogP contribution in [-0.2, 0) is 6.42 Å². The van der Waals surface area contributed by atoms with Crippen LogP contribution >= 0.6 is 0 Å². The highest BCUT2D eigenvalue weighted by molar-refractivity contribution is 5.91. The van der Waals surface area contributed by atoms with E-state index in [4.69, 9.17) is 0 Å². The summed E-state index contributed by atoms with van der Waals surface area (Å²) in [6.45, 7) is 1.72. The van der Waals surface area contributed by atoms with Gasteiger partial charge in [0.2, 0.25) is 0 Å². The lowest BCUT2D eigenvalue weighted by Gasteiger charge is -2.06. The number of aryl methyl sites for hydroxylation is 1. The molecular formula is C21H16FN3O2. The summed E-state index contributed by atoms with van der Waals surface area (Å²) in [7, 11) is 0. The average molecular weight is 361 g/mol. The zero-order valence-corrected chi connectivity index (χ0v) is 14.5. The minimum Gasteiger partial charge on any atom is -0.477 e. The van der Waals surface area contributed by atoms with Gasteiger partial charge in [-0.1, -0.05) is 6.07 Å². The van der Waals surface area contributed by atoms with E-state index in [0.29, 0.717) is 17.7 Å². The first-order valence-corrected chi connectivity index (χ1v) is 8.43. The number of carboxylic acids is 1.